The van der Waals surface area contributed by atoms with Gasteiger partial charge in [0.2, 0.25) is 0 Å². The highest BCUT2D eigenvalue weighted by molar-refractivity contribution is 6.42. The highest BCUT2D eigenvalue weighted by atomic mass is 35.5. The Morgan fingerprint density at radius 1 is 1.15 bits per heavy atom. The number of Topliss-reactive ketones (excluding diaryl/α,β-unsaturated/α-hetero) is 1. The summed E-state index contributed by atoms with van der Waals surface area (Å²) in [5, 5.41) is 10.5. The number of hydrogen-bond acceptors (Lipinski definition) is 4. The number of rotatable bonds is 5. The first-order valence-electron chi connectivity index (χ1n) is 8.10. The van der Waals surface area contributed by atoms with Crippen LogP contribution in [0.1, 0.15) is 28.8 Å². The summed E-state index contributed by atoms with van der Waals surface area (Å²) in [4.78, 5) is 25.6. The quantitative estimate of drug-likeness (QED) is 0.552. The highest BCUT2D eigenvalue weighted by Gasteiger charge is 2.75. The molecule has 0 aromatic heterocycles. The van der Waals surface area contributed by atoms with Gasteiger partial charge in [0, 0.05) is 11.5 Å². The van der Waals surface area contributed by atoms with E-state index in [4.69, 9.17) is 27.9 Å². The zero-order valence-electron chi connectivity index (χ0n) is 13.9. The van der Waals surface area contributed by atoms with Crippen molar-refractivity contribution >= 4 is 35.0 Å². The summed E-state index contributed by atoms with van der Waals surface area (Å²) in [6, 6.07) is 15.5. The SMILES string of the molecule is CCOC(=O)[C@]1(C#N)[C@H](C(=O)c2ccccc2)[C@H]1c1ccc(Cl)c(Cl)c1. The molecule has 132 valence electrons. The van der Waals surface area contributed by atoms with Crippen LogP contribution in [0.3, 0.4) is 0 Å². The monoisotopic (exact) mass is 387 g/mol. The van der Waals surface area contributed by atoms with Gasteiger partial charge in [0.1, 0.15) is 0 Å². The number of ketones is 1. The Balaban J connectivity index is 2.07. The van der Waals surface area contributed by atoms with E-state index in [1.54, 1.807) is 55.5 Å². The summed E-state index contributed by atoms with van der Waals surface area (Å²) in [5.41, 5.74) is -0.493. The van der Waals surface area contributed by atoms with Crippen molar-refractivity contribution < 1.29 is 14.3 Å². The second-order valence-corrected chi connectivity index (χ2v) is 6.87. The zero-order valence-corrected chi connectivity index (χ0v) is 15.4. The van der Waals surface area contributed by atoms with Crippen LogP contribution < -0.4 is 0 Å². The number of esters is 1. The number of benzene rings is 2. The molecule has 0 amide bonds. The number of halogens is 2. The second kappa shape index (κ2) is 7.11. The van der Waals surface area contributed by atoms with Crippen LogP contribution in [0.15, 0.2) is 48.5 Å². The maximum atomic E-state index is 13.0. The zero-order chi connectivity index (χ0) is 18.9. The van der Waals surface area contributed by atoms with Crippen LogP contribution in [0.4, 0.5) is 0 Å². The van der Waals surface area contributed by atoms with Crippen LogP contribution in [-0.2, 0) is 9.53 Å². The van der Waals surface area contributed by atoms with Crippen LogP contribution in [-0.4, -0.2) is 18.4 Å². The van der Waals surface area contributed by atoms with Crippen molar-refractivity contribution in [1.82, 2.24) is 0 Å². The molecule has 0 unspecified atom stereocenters. The molecule has 2 aromatic rings. The number of nitrogens with zero attached hydrogens (tertiary/aromatic N) is 1. The van der Waals surface area contributed by atoms with Crippen molar-refractivity contribution in [3.63, 3.8) is 0 Å². The fourth-order valence-corrected chi connectivity index (χ4v) is 3.68. The molecular weight excluding hydrogens is 373 g/mol. The molecule has 6 heteroatoms. The highest BCUT2D eigenvalue weighted by Crippen LogP contribution is 2.66. The normalized spacial score (nSPS) is 23.8. The fraction of sp³-hybridized carbons (Fsp3) is 0.250. The Kier molecular flexibility index (Phi) is 5.04. The summed E-state index contributed by atoms with van der Waals surface area (Å²) in [7, 11) is 0. The number of carbonyl (C=O) groups excluding carboxylic acids is 2. The van der Waals surface area contributed by atoms with Gasteiger partial charge in [0.05, 0.1) is 28.6 Å². The molecule has 4 nitrogen and oxygen atoms in total. The van der Waals surface area contributed by atoms with Gasteiger partial charge in [0.25, 0.3) is 0 Å². The average molecular weight is 388 g/mol. The summed E-state index contributed by atoms with van der Waals surface area (Å²) >= 11 is 12.1. The molecule has 3 rings (SSSR count). The van der Waals surface area contributed by atoms with E-state index in [1.807, 2.05) is 6.07 Å². The average Bonchev–Trinajstić information content (AvgIpc) is 3.34. The third-order valence-corrected chi connectivity index (χ3v) is 5.39. The molecular formula is C20H15Cl2NO3. The molecule has 1 aliphatic carbocycles. The summed E-state index contributed by atoms with van der Waals surface area (Å²) < 4.78 is 5.11. The van der Waals surface area contributed by atoms with E-state index < -0.39 is 23.2 Å². The first kappa shape index (κ1) is 18.4. The van der Waals surface area contributed by atoms with E-state index in [9.17, 15) is 14.9 Å². The molecule has 0 saturated heterocycles. The van der Waals surface area contributed by atoms with Crippen molar-refractivity contribution in [1.29, 1.82) is 5.26 Å². The Bertz CT molecular complexity index is 907. The van der Waals surface area contributed by atoms with E-state index in [0.717, 1.165) is 0 Å². The van der Waals surface area contributed by atoms with E-state index in [2.05, 4.69) is 0 Å². The summed E-state index contributed by atoms with van der Waals surface area (Å²) in [6.07, 6.45) is 0. The summed E-state index contributed by atoms with van der Waals surface area (Å²) in [5.74, 6) is -2.41. The molecule has 1 fully saturated rings. The Morgan fingerprint density at radius 3 is 2.42 bits per heavy atom. The Hall–Kier alpha value is -2.35. The number of ether oxygens (including phenoxy) is 1. The largest absolute Gasteiger partial charge is 0.465 e. The molecule has 0 N–H and O–H groups in total. The van der Waals surface area contributed by atoms with Crippen molar-refractivity contribution in [3.05, 3.63) is 69.7 Å². The molecule has 1 aliphatic rings. The molecule has 2 aromatic carbocycles. The van der Waals surface area contributed by atoms with Gasteiger partial charge in [-0.1, -0.05) is 59.6 Å². The predicted octanol–water partition coefficient (Wildman–Crippen LogP) is 4.66. The lowest BCUT2D eigenvalue weighted by Crippen LogP contribution is -2.23. The molecule has 0 bridgehead atoms. The van der Waals surface area contributed by atoms with Crippen LogP contribution in [0, 0.1) is 22.7 Å². The number of carbonyl (C=O) groups is 2. The molecule has 0 heterocycles. The predicted molar refractivity (Wildman–Crippen MR) is 98.1 cm³/mol. The second-order valence-electron chi connectivity index (χ2n) is 6.06. The van der Waals surface area contributed by atoms with Crippen LogP contribution in [0.5, 0.6) is 0 Å². The van der Waals surface area contributed by atoms with Gasteiger partial charge < -0.3 is 4.74 Å². The Labute approximate surface area is 161 Å². The van der Waals surface area contributed by atoms with Crippen molar-refractivity contribution in [2.75, 3.05) is 6.61 Å². The molecule has 0 spiro atoms. The van der Waals surface area contributed by atoms with Gasteiger partial charge in [-0.05, 0) is 24.6 Å². The first-order chi connectivity index (χ1) is 12.5. The minimum atomic E-state index is -1.56. The summed E-state index contributed by atoms with van der Waals surface area (Å²) in [6.45, 7) is 1.79. The van der Waals surface area contributed by atoms with Gasteiger partial charge >= 0.3 is 5.97 Å². The Morgan fingerprint density at radius 2 is 1.85 bits per heavy atom. The molecule has 26 heavy (non-hydrogen) atoms. The molecule has 3 atom stereocenters. The minimum absolute atomic E-state index is 0.128. The van der Waals surface area contributed by atoms with Gasteiger partial charge in [-0.3, -0.25) is 9.59 Å². The lowest BCUT2D eigenvalue weighted by molar-refractivity contribution is -0.147. The standard InChI is InChI=1S/C20H15Cl2NO3/c1-2-26-19(25)20(11-23)16(13-8-9-14(21)15(22)10-13)17(20)18(24)12-6-4-3-5-7-12/h3-10,16-17H,2H2,1H3/t16-,17+,20+/m1/s1. The van der Waals surface area contributed by atoms with Gasteiger partial charge in [-0.25, -0.2) is 0 Å². The third kappa shape index (κ3) is 2.88. The van der Waals surface area contributed by atoms with E-state index >= 15 is 0 Å². The maximum Gasteiger partial charge on any atom is 0.327 e. The van der Waals surface area contributed by atoms with Crippen LogP contribution in [0.25, 0.3) is 0 Å². The first-order valence-corrected chi connectivity index (χ1v) is 8.85. The lowest BCUT2D eigenvalue weighted by Gasteiger charge is -2.08. The minimum Gasteiger partial charge on any atom is -0.465 e. The fourth-order valence-electron chi connectivity index (χ4n) is 3.38. The smallest absolute Gasteiger partial charge is 0.327 e. The maximum absolute atomic E-state index is 13.0. The molecule has 0 aliphatic heterocycles. The lowest BCUT2D eigenvalue weighted by atomic mass is 9.99. The number of hydrogen-bond donors (Lipinski definition) is 0. The van der Waals surface area contributed by atoms with Crippen molar-refractivity contribution in [3.8, 4) is 6.07 Å². The van der Waals surface area contributed by atoms with E-state index in [0.29, 0.717) is 21.2 Å². The molecule has 0 radical (unpaired) electrons. The van der Waals surface area contributed by atoms with Crippen LogP contribution >= 0.6 is 23.2 Å². The van der Waals surface area contributed by atoms with Gasteiger partial charge in [-0.15, -0.1) is 0 Å². The van der Waals surface area contributed by atoms with Gasteiger partial charge in [0.15, 0.2) is 11.2 Å². The topological polar surface area (TPSA) is 67.2 Å². The van der Waals surface area contributed by atoms with Gasteiger partial charge in [-0.2, -0.15) is 5.26 Å². The van der Waals surface area contributed by atoms with Crippen LogP contribution in [0.2, 0.25) is 10.0 Å². The van der Waals surface area contributed by atoms with Crippen molar-refractivity contribution in [2.45, 2.75) is 12.8 Å². The van der Waals surface area contributed by atoms with Crippen molar-refractivity contribution in [2.24, 2.45) is 11.3 Å². The number of nitriles is 1. The molecule has 1 saturated carbocycles. The third-order valence-electron chi connectivity index (χ3n) is 4.65. The van der Waals surface area contributed by atoms with E-state index in [-0.39, 0.29) is 12.4 Å². The van der Waals surface area contributed by atoms with E-state index in [1.165, 1.54) is 0 Å².